The van der Waals surface area contributed by atoms with Gasteiger partial charge in [-0.2, -0.15) is 0 Å². The van der Waals surface area contributed by atoms with E-state index < -0.39 is 0 Å². The fourth-order valence-corrected chi connectivity index (χ4v) is 4.45. The van der Waals surface area contributed by atoms with E-state index in [1.807, 2.05) is 6.07 Å². The predicted molar refractivity (Wildman–Crippen MR) is 129 cm³/mol. The first-order valence-electron chi connectivity index (χ1n) is 9.44. The van der Waals surface area contributed by atoms with Gasteiger partial charge in [0.25, 0.3) is 5.91 Å². The van der Waals surface area contributed by atoms with Crippen LogP contribution in [0.5, 0.6) is 11.5 Å². The number of carbonyl (C=O) groups is 2. The normalized spacial score (nSPS) is 14.8. The van der Waals surface area contributed by atoms with Crippen molar-refractivity contribution in [2.24, 2.45) is 0 Å². The Hall–Kier alpha value is -2.55. The van der Waals surface area contributed by atoms with Crippen molar-refractivity contribution in [3.63, 3.8) is 0 Å². The van der Waals surface area contributed by atoms with Crippen LogP contribution in [0.15, 0.2) is 47.4 Å². The Bertz CT molecular complexity index is 1040. The van der Waals surface area contributed by atoms with Crippen LogP contribution < -0.4 is 14.8 Å². The zero-order valence-corrected chi connectivity index (χ0v) is 19.4. The molecule has 0 aromatic heterocycles. The fraction of sp³-hybridized carbons (Fsp3) is 0.227. The zero-order valence-electron chi connectivity index (χ0n) is 17.0. The van der Waals surface area contributed by atoms with E-state index >= 15 is 0 Å². The number of halogens is 1. The van der Waals surface area contributed by atoms with Gasteiger partial charge in [0.1, 0.15) is 4.32 Å². The van der Waals surface area contributed by atoms with E-state index in [0.717, 1.165) is 5.56 Å². The Morgan fingerprint density at radius 3 is 2.65 bits per heavy atom. The molecule has 1 N–H and O–H groups in total. The molecule has 1 saturated heterocycles. The van der Waals surface area contributed by atoms with Crippen molar-refractivity contribution < 1.29 is 19.1 Å². The molecule has 0 bridgehead atoms. The van der Waals surface area contributed by atoms with Crippen LogP contribution in [-0.4, -0.2) is 41.8 Å². The Kier molecular flexibility index (Phi) is 7.95. The standard InChI is InChI=1S/C22H21ClN2O4S2/c1-28-17-10-9-14(12-18(17)29-2)13-19-21(27)25(22(30)31-19)11-5-8-20(26)24-16-7-4-3-6-15(16)23/h3-4,6-7,9-10,12-13H,5,8,11H2,1-2H3,(H,24,26)/b19-13-. The monoisotopic (exact) mass is 476 g/mol. The van der Waals surface area contributed by atoms with Crippen LogP contribution in [0.1, 0.15) is 18.4 Å². The first kappa shape index (κ1) is 23.1. The third-order valence-electron chi connectivity index (χ3n) is 4.51. The van der Waals surface area contributed by atoms with Gasteiger partial charge in [-0.05, 0) is 42.3 Å². The molecule has 0 unspecified atom stereocenters. The maximum absolute atomic E-state index is 12.8. The quantitative estimate of drug-likeness (QED) is 0.428. The molecule has 1 fully saturated rings. The average Bonchev–Trinajstić information content (AvgIpc) is 3.02. The second-order valence-electron chi connectivity index (χ2n) is 6.58. The van der Waals surface area contributed by atoms with Gasteiger partial charge in [0.15, 0.2) is 11.5 Å². The molecule has 9 heteroatoms. The summed E-state index contributed by atoms with van der Waals surface area (Å²) >= 11 is 12.7. The van der Waals surface area contributed by atoms with Gasteiger partial charge in [-0.25, -0.2) is 0 Å². The second kappa shape index (κ2) is 10.7. The molecular formula is C22H21ClN2O4S2. The number of para-hydroxylation sites is 1. The summed E-state index contributed by atoms with van der Waals surface area (Å²) in [5.41, 5.74) is 1.37. The van der Waals surface area contributed by atoms with Crippen molar-refractivity contribution in [3.8, 4) is 11.5 Å². The number of amides is 2. The Labute approximate surface area is 195 Å². The summed E-state index contributed by atoms with van der Waals surface area (Å²) in [4.78, 5) is 27.0. The second-order valence-corrected chi connectivity index (χ2v) is 8.66. The molecule has 2 amide bonds. The van der Waals surface area contributed by atoms with Crippen LogP contribution in [0.3, 0.4) is 0 Å². The maximum Gasteiger partial charge on any atom is 0.266 e. The molecule has 3 rings (SSSR count). The first-order chi connectivity index (χ1) is 14.9. The highest BCUT2D eigenvalue weighted by atomic mass is 35.5. The number of hydrogen-bond donors (Lipinski definition) is 1. The van der Waals surface area contributed by atoms with Crippen molar-refractivity contribution in [1.29, 1.82) is 0 Å². The lowest BCUT2D eigenvalue weighted by atomic mass is 10.2. The molecule has 1 aliphatic rings. The van der Waals surface area contributed by atoms with Gasteiger partial charge in [-0.3, -0.25) is 14.5 Å². The van der Waals surface area contributed by atoms with E-state index in [0.29, 0.717) is 44.4 Å². The van der Waals surface area contributed by atoms with Crippen LogP contribution in [0, 0.1) is 0 Å². The third-order valence-corrected chi connectivity index (χ3v) is 6.22. The molecule has 0 spiro atoms. The van der Waals surface area contributed by atoms with Crippen LogP contribution in [-0.2, 0) is 9.59 Å². The van der Waals surface area contributed by atoms with Crippen LogP contribution in [0.2, 0.25) is 5.02 Å². The van der Waals surface area contributed by atoms with Crippen molar-refractivity contribution in [3.05, 3.63) is 58.0 Å². The maximum atomic E-state index is 12.8. The van der Waals surface area contributed by atoms with Crippen LogP contribution >= 0.6 is 35.6 Å². The van der Waals surface area contributed by atoms with E-state index in [1.165, 1.54) is 16.7 Å². The Morgan fingerprint density at radius 1 is 1.19 bits per heavy atom. The molecule has 1 heterocycles. The highest BCUT2D eigenvalue weighted by Crippen LogP contribution is 2.34. The van der Waals surface area contributed by atoms with E-state index in [-0.39, 0.29) is 18.2 Å². The lowest BCUT2D eigenvalue weighted by Gasteiger charge is -2.14. The minimum Gasteiger partial charge on any atom is -0.493 e. The number of thioether (sulfide) groups is 1. The smallest absolute Gasteiger partial charge is 0.266 e. The summed E-state index contributed by atoms with van der Waals surface area (Å²) in [6.45, 7) is 0.365. The van der Waals surface area contributed by atoms with Crippen molar-refractivity contribution in [2.75, 3.05) is 26.1 Å². The van der Waals surface area contributed by atoms with Gasteiger partial charge in [-0.1, -0.05) is 53.8 Å². The van der Waals surface area contributed by atoms with Gasteiger partial charge in [0, 0.05) is 13.0 Å². The minimum atomic E-state index is -0.170. The van der Waals surface area contributed by atoms with Gasteiger partial charge >= 0.3 is 0 Å². The van der Waals surface area contributed by atoms with Crippen molar-refractivity contribution in [2.45, 2.75) is 12.8 Å². The number of ether oxygens (including phenoxy) is 2. The molecular weight excluding hydrogens is 456 g/mol. The van der Waals surface area contributed by atoms with E-state index in [2.05, 4.69) is 5.32 Å². The summed E-state index contributed by atoms with van der Waals surface area (Å²) < 4.78 is 11.0. The Morgan fingerprint density at radius 2 is 1.94 bits per heavy atom. The van der Waals surface area contributed by atoms with Gasteiger partial charge in [0.2, 0.25) is 5.91 Å². The molecule has 162 valence electrons. The van der Waals surface area contributed by atoms with Gasteiger partial charge in [0.05, 0.1) is 29.8 Å². The number of rotatable bonds is 8. The molecule has 0 saturated carbocycles. The third kappa shape index (κ3) is 5.78. The SMILES string of the molecule is COc1ccc(/C=C2\SC(=S)N(CCCC(=O)Nc3ccccc3Cl)C2=O)cc1OC. The minimum absolute atomic E-state index is 0.167. The number of carbonyl (C=O) groups excluding carboxylic acids is 2. The lowest BCUT2D eigenvalue weighted by molar-refractivity contribution is -0.122. The molecule has 2 aromatic carbocycles. The lowest BCUT2D eigenvalue weighted by Crippen LogP contribution is -2.29. The average molecular weight is 477 g/mol. The molecule has 6 nitrogen and oxygen atoms in total. The topological polar surface area (TPSA) is 67.9 Å². The number of thiocarbonyl (C=S) groups is 1. The van der Waals surface area contributed by atoms with Gasteiger partial charge < -0.3 is 14.8 Å². The summed E-state index contributed by atoms with van der Waals surface area (Å²) in [5.74, 6) is 0.856. The number of nitrogens with zero attached hydrogens (tertiary/aromatic N) is 1. The number of hydrogen-bond acceptors (Lipinski definition) is 6. The molecule has 0 aliphatic carbocycles. The summed E-state index contributed by atoms with van der Waals surface area (Å²) in [5, 5.41) is 3.25. The van der Waals surface area contributed by atoms with Crippen LogP contribution in [0.25, 0.3) is 6.08 Å². The van der Waals surface area contributed by atoms with Crippen molar-refractivity contribution in [1.82, 2.24) is 4.90 Å². The Balaban J connectivity index is 1.58. The van der Waals surface area contributed by atoms with E-state index in [9.17, 15) is 9.59 Å². The number of benzene rings is 2. The highest BCUT2D eigenvalue weighted by molar-refractivity contribution is 8.26. The largest absolute Gasteiger partial charge is 0.493 e. The molecule has 0 radical (unpaired) electrons. The summed E-state index contributed by atoms with van der Waals surface area (Å²) in [6.07, 6.45) is 2.49. The van der Waals surface area contributed by atoms with Crippen molar-refractivity contribution >= 4 is 63.5 Å². The number of anilines is 1. The summed E-state index contributed by atoms with van der Waals surface area (Å²) in [7, 11) is 3.13. The number of nitrogens with one attached hydrogen (secondary N) is 1. The van der Waals surface area contributed by atoms with E-state index in [1.54, 1.807) is 56.7 Å². The highest BCUT2D eigenvalue weighted by Gasteiger charge is 2.31. The molecule has 1 aliphatic heterocycles. The molecule has 0 atom stereocenters. The predicted octanol–water partition coefficient (Wildman–Crippen LogP) is 4.98. The molecule has 31 heavy (non-hydrogen) atoms. The van der Waals surface area contributed by atoms with E-state index in [4.69, 9.17) is 33.3 Å². The zero-order chi connectivity index (χ0) is 22.4. The summed E-state index contributed by atoms with van der Waals surface area (Å²) in [6, 6.07) is 12.5. The van der Waals surface area contributed by atoms with Gasteiger partial charge in [-0.15, -0.1) is 0 Å². The molecule has 2 aromatic rings. The fourth-order valence-electron chi connectivity index (χ4n) is 2.96. The number of methoxy groups -OCH3 is 2. The first-order valence-corrected chi connectivity index (χ1v) is 11.0. The van der Waals surface area contributed by atoms with Crippen LogP contribution in [0.4, 0.5) is 5.69 Å².